The number of benzene rings is 3. The van der Waals surface area contributed by atoms with Crippen molar-refractivity contribution in [3.05, 3.63) is 140 Å². The Hall–Kier alpha value is -6.61. The van der Waals surface area contributed by atoms with Crippen LogP contribution in [0.15, 0.2) is 106 Å². The molecule has 0 amide bonds. The Morgan fingerprint density at radius 3 is 2.45 bits per heavy atom. The van der Waals surface area contributed by atoms with Crippen molar-refractivity contribution in [1.29, 1.82) is 0 Å². The Labute approximate surface area is 321 Å². The van der Waals surface area contributed by atoms with Crippen molar-refractivity contribution in [3.63, 3.8) is 0 Å². The first-order valence-electron chi connectivity index (χ1n) is 17.6. The molecule has 0 fully saturated rings. The molecular formula is C41H40F2N7O6+. The van der Waals surface area contributed by atoms with Crippen LogP contribution in [0.1, 0.15) is 30.5 Å². The minimum absolute atomic E-state index is 0.0536. The zero-order chi connectivity index (χ0) is 40.1. The van der Waals surface area contributed by atoms with Gasteiger partial charge in [-0.3, -0.25) is 14.2 Å². The molecule has 1 unspecified atom stereocenters. The molecule has 0 saturated carbocycles. The number of rotatable bonds is 15. The van der Waals surface area contributed by atoms with Crippen LogP contribution in [0.25, 0.3) is 22.2 Å². The summed E-state index contributed by atoms with van der Waals surface area (Å²) in [6, 6.07) is 18.0. The lowest BCUT2D eigenvalue weighted by atomic mass is 10.00. The van der Waals surface area contributed by atoms with E-state index in [1.807, 2.05) is 44.4 Å². The Kier molecular flexibility index (Phi) is 11.5. The van der Waals surface area contributed by atoms with Crippen LogP contribution < -0.4 is 20.3 Å². The number of allylic oxidation sites excluding steroid dienone is 1. The molecule has 0 spiro atoms. The number of pyridine rings is 1. The van der Waals surface area contributed by atoms with Gasteiger partial charge in [0, 0.05) is 36.2 Å². The lowest BCUT2D eigenvalue weighted by molar-refractivity contribution is -0.880. The smallest absolute Gasteiger partial charge is 0.368 e. The molecule has 1 atom stereocenters. The number of carbonyl (C=O) groups excluding carboxylic acids is 1. The zero-order valence-electron chi connectivity index (χ0n) is 31.5. The van der Waals surface area contributed by atoms with Crippen LogP contribution in [-0.4, -0.2) is 77.3 Å². The molecule has 1 N–H and O–H groups in total. The quantitative estimate of drug-likeness (QED) is 0.0525. The first kappa shape index (κ1) is 39.1. The SMILES string of the molecule is COc1cc(OC)c(F)c(-c2cc3cnc(Nc4ccccc4)nc3n(C(C)c3cccc(CC(=O)/C=C/C[N+](C)(C)CC4=C([N+](=O)[O-])N=CC4)c3)c2=O)c1F. The molecule has 0 bridgehead atoms. The molecule has 5 aromatic rings. The van der Waals surface area contributed by atoms with Crippen molar-refractivity contribution < 1.29 is 32.5 Å². The summed E-state index contributed by atoms with van der Waals surface area (Å²) in [5.41, 5.74) is 1.18. The summed E-state index contributed by atoms with van der Waals surface area (Å²) >= 11 is 0. The number of methoxy groups -OCH3 is 2. The molecular weight excluding hydrogens is 724 g/mol. The highest BCUT2D eigenvalue weighted by Gasteiger charge is 2.29. The van der Waals surface area contributed by atoms with Gasteiger partial charge in [0.05, 0.1) is 57.6 Å². The second kappa shape index (κ2) is 16.4. The van der Waals surface area contributed by atoms with Crippen molar-refractivity contribution in [3.8, 4) is 22.6 Å². The van der Waals surface area contributed by atoms with Gasteiger partial charge >= 0.3 is 5.82 Å². The van der Waals surface area contributed by atoms with Crippen molar-refractivity contribution in [2.45, 2.75) is 25.8 Å². The second-order valence-corrected chi connectivity index (χ2v) is 13.9. The van der Waals surface area contributed by atoms with Crippen molar-refractivity contribution in [1.82, 2.24) is 14.5 Å². The van der Waals surface area contributed by atoms with Gasteiger partial charge in [0.1, 0.15) is 18.4 Å². The molecule has 288 valence electrons. The van der Waals surface area contributed by atoms with E-state index >= 15 is 8.78 Å². The van der Waals surface area contributed by atoms with Crippen LogP contribution in [0.5, 0.6) is 11.5 Å². The van der Waals surface area contributed by atoms with E-state index in [1.54, 1.807) is 37.3 Å². The predicted octanol–water partition coefficient (Wildman–Crippen LogP) is 6.81. The van der Waals surface area contributed by atoms with Gasteiger partial charge in [-0.15, -0.1) is 0 Å². The van der Waals surface area contributed by atoms with E-state index in [1.165, 1.54) is 43.3 Å². The molecule has 15 heteroatoms. The van der Waals surface area contributed by atoms with Crippen molar-refractivity contribution in [2.24, 2.45) is 4.99 Å². The standard InChI is InChI=1S/C41H39F2N7O6/c1-25(27-12-9-11-26(19-27)20-31(51)15-10-18-50(2,3)24-28-16-17-44-38(28)49(53)54)48-39-29(23-45-41(47-39)46-30-13-7-6-8-14-30)21-32(40(48)52)35-36(42)33(55-4)22-34(56-5)37(35)43/h6-15,17,19,21-23,25H,16,18,20,24H2,1-5H3/p+1/b15-10+. The Balaban J connectivity index is 1.34. The van der Waals surface area contributed by atoms with Crippen LogP contribution in [0.4, 0.5) is 20.4 Å². The van der Waals surface area contributed by atoms with Crippen LogP contribution in [0, 0.1) is 21.7 Å². The second-order valence-electron chi connectivity index (χ2n) is 13.9. The Bertz CT molecular complexity index is 2450. The maximum Gasteiger partial charge on any atom is 0.368 e. The number of likely N-dealkylation sites (N-methyl/N-ethyl adjacent to an activating group) is 1. The number of nitro groups is 1. The molecule has 6 rings (SSSR count). The summed E-state index contributed by atoms with van der Waals surface area (Å²) in [5, 5.41) is 14.8. The summed E-state index contributed by atoms with van der Waals surface area (Å²) in [5.74, 6) is -2.88. The van der Waals surface area contributed by atoms with Gasteiger partial charge < -0.3 is 29.4 Å². The predicted molar refractivity (Wildman–Crippen MR) is 209 cm³/mol. The van der Waals surface area contributed by atoms with Crippen LogP contribution in [0.2, 0.25) is 0 Å². The fourth-order valence-electron chi connectivity index (χ4n) is 6.65. The average molecular weight is 765 g/mol. The summed E-state index contributed by atoms with van der Waals surface area (Å²) < 4.78 is 43.8. The number of ether oxygens (including phenoxy) is 2. The minimum Gasteiger partial charge on any atom is -0.494 e. The number of aromatic nitrogens is 3. The number of nitrogens with one attached hydrogen (secondary N) is 1. The third-order valence-electron chi connectivity index (χ3n) is 9.41. The molecule has 3 aromatic carbocycles. The van der Waals surface area contributed by atoms with E-state index in [2.05, 4.69) is 15.3 Å². The molecule has 0 saturated heterocycles. The number of hydrogen-bond acceptors (Lipinski definition) is 10. The normalized spacial score (nSPS) is 13.4. The van der Waals surface area contributed by atoms with E-state index in [4.69, 9.17) is 14.5 Å². The van der Waals surface area contributed by atoms with Gasteiger partial charge in [-0.1, -0.05) is 47.5 Å². The van der Waals surface area contributed by atoms with Crippen LogP contribution in [-0.2, 0) is 11.2 Å². The van der Waals surface area contributed by atoms with Crippen LogP contribution in [0.3, 0.4) is 0 Å². The lowest BCUT2D eigenvalue weighted by Gasteiger charge is -2.28. The molecule has 1 aliphatic heterocycles. The van der Waals surface area contributed by atoms with E-state index in [-0.39, 0.29) is 46.7 Å². The van der Waals surface area contributed by atoms with E-state index < -0.39 is 33.7 Å². The topological polar surface area (TPSA) is 151 Å². The number of hydrogen-bond donors (Lipinski definition) is 1. The number of aliphatic imine (C=N–C) groups is 1. The number of anilines is 2. The maximum absolute atomic E-state index is 15.9. The highest BCUT2D eigenvalue weighted by atomic mass is 19.1. The highest BCUT2D eigenvalue weighted by Crippen LogP contribution is 2.38. The van der Waals surface area contributed by atoms with Crippen LogP contribution >= 0.6 is 0 Å². The number of ketones is 1. The van der Waals surface area contributed by atoms with Gasteiger partial charge in [-0.05, 0) is 53.3 Å². The van der Waals surface area contributed by atoms with Gasteiger partial charge in [0.15, 0.2) is 28.9 Å². The van der Waals surface area contributed by atoms with Crippen molar-refractivity contribution >= 4 is 34.7 Å². The molecule has 0 aliphatic carbocycles. The maximum atomic E-state index is 15.9. The number of carbonyl (C=O) groups is 1. The Morgan fingerprint density at radius 1 is 1.05 bits per heavy atom. The minimum atomic E-state index is -1.08. The summed E-state index contributed by atoms with van der Waals surface area (Å²) in [7, 11) is 6.29. The summed E-state index contributed by atoms with van der Waals surface area (Å²) in [4.78, 5) is 51.5. The molecule has 2 aromatic heterocycles. The van der Waals surface area contributed by atoms with E-state index in [0.29, 0.717) is 51.8 Å². The number of para-hydroxylation sites is 1. The first-order chi connectivity index (χ1) is 26.8. The van der Waals surface area contributed by atoms with Gasteiger partial charge in [0.2, 0.25) is 5.95 Å². The zero-order valence-corrected chi connectivity index (χ0v) is 31.5. The monoisotopic (exact) mass is 764 g/mol. The number of halogens is 2. The van der Waals surface area contributed by atoms with Crippen molar-refractivity contribution in [2.75, 3.05) is 46.7 Å². The number of nitrogens with zero attached hydrogens (tertiary/aromatic N) is 6. The fourth-order valence-corrected chi connectivity index (χ4v) is 6.65. The molecule has 1 aliphatic rings. The third-order valence-corrected chi connectivity index (χ3v) is 9.41. The lowest BCUT2D eigenvalue weighted by Crippen LogP contribution is -2.41. The molecule has 3 heterocycles. The largest absolute Gasteiger partial charge is 0.494 e. The first-order valence-corrected chi connectivity index (χ1v) is 17.6. The summed E-state index contributed by atoms with van der Waals surface area (Å²) in [6.07, 6.45) is 6.72. The highest BCUT2D eigenvalue weighted by molar-refractivity contribution is 5.91. The molecule has 0 radical (unpaired) electrons. The number of quaternary nitrogens is 1. The Morgan fingerprint density at radius 2 is 1.77 bits per heavy atom. The third kappa shape index (κ3) is 8.37. The summed E-state index contributed by atoms with van der Waals surface area (Å²) in [6.45, 7) is 2.61. The van der Waals surface area contributed by atoms with Gasteiger partial charge in [-0.25, -0.2) is 13.8 Å². The molecule has 13 nitrogen and oxygen atoms in total. The van der Waals surface area contributed by atoms with E-state index in [9.17, 15) is 19.7 Å². The van der Waals surface area contributed by atoms with Gasteiger partial charge in [-0.2, -0.15) is 4.98 Å². The number of fused-ring (bicyclic) bond motifs is 1. The van der Waals surface area contributed by atoms with Gasteiger partial charge in [0.25, 0.3) is 5.56 Å². The van der Waals surface area contributed by atoms with E-state index in [0.717, 1.165) is 6.07 Å². The average Bonchev–Trinajstić information content (AvgIpc) is 3.63. The molecule has 56 heavy (non-hydrogen) atoms. The fraction of sp³-hybridized carbons (Fsp3) is 0.244.